The topological polar surface area (TPSA) is 102 Å². The number of amides is 2. The Hall–Kier alpha value is -3.16. The molecule has 2 heterocycles. The van der Waals surface area contributed by atoms with Crippen molar-refractivity contribution in [2.45, 2.75) is 32.9 Å². The van der Waals surface area contributed by atoms with E-state index in [2.05, 4.69) is 16.0 Å². The number of aromatic nitrogens is 2. The highest BCUT2D eigenvalue weighted by molar-refractivity contribution is 5.96. The fraction of sp³-hybridized carbons (Fsp3) is 0.294. The third-order valence-electron chi connectivity index (χ3n) is 3.91. The van der Waals surface area contributed by atoms with Crippen LogP contribution in [0.4, 0.5) is 0 Å². The third kappa shape index (κ3) is 3.68. The van der Waals surface area contributed by atoms with Crippen LogP contribution in [0, 0.1) is 13.8 Å². The molecule has 1 aliphatic rings. The maximum Gasteiger partial charge on any atom is 0.339 e. The number of benzene rings is 1. The number of rotatable bonds is 3. The van der Waals surface area contributed by atoms with E-state index in [1.54, 1.807) is 24.3 Å². The molecule has 0 unspecified atom stereocenters. The van der Waals surface area contributed by atoms with Gasteiger partial charge in [0.15, 0.2) is 6.10 Å². The van der Waals surface area contributed by atoms with Crippen LogP contribution < -0.4 is 10.9 Å². The van der Waals surface area contributed by atoms with E-state index in [4.69, 9.17) is 4.74 Å². The fourth-order valence-electron chi connectivity index (χ4n) is 2.70. The van der Waals surface area contributed by atoms with Crippen LogP contribution in [0.25, 0.3) is 0 Å². The second-order valence-electron chi connectivity index (χ2n) is 5.88. The third-order valence-corrected chi connectivity index (χ3v) is 3.91. The molecule has 1 atom stereocenters. The van der Waals surface area contributed by atoms with E-state index >= 15 is 0 Å². The van der Waals surface area contributed by atoms with Crippen LogP contribution in [0.2, 0.25) is 0 Å². The van der Waals surface area contributed by atoms with Crippen molar-refractivity contribution in [2.24, 2.45) is 0 Å². The number of esters is 1. The molecular formula is C17H18N4O4. The van der Waals surface area contributed by atoms with E-state index in [-0.39, 0.29) is 13.0 Å². The molecule has 2 aromatic rings. The number of nitrogens with one attached hydrogen (secondary N) is 2. The van der Waals surface area contributed by atoms with Crippen molar-refractivity contribution in [2.75, 3.05) is 0 Å². The van der Waals surface area contributed by atoms with Gasteiger partial charge in [-0.2, -0.15) is 5.10 Å². The summed E-state index contributed by atoms with van der Waals surface area (Å²) in [5.41, 5.74) is 7.46. The minimum atomic E-state index is -0.976. The number of cyclic esters (lactones) is 1. The first kappa shape index (κ1) is 16.7. The number of carbonyl (C=O) groups excluding carboxylic acids is 3. The predicted octanol–water partition coefficient (Wildman–Crippen LogP) is 0.429. The molecule has 0 fully saturated rings. The van der Waals surface area contributed by atoms with Gasteiger partial charge in [-0.1, -0.05) is 18.2 Å². The Morgan fingerprint density at radius 2 is 2.04 bits per heavy atom. The Bertz CT molecular complexity index is 843. The zero-order valence-electron chi connectivity index (χ0n) is 13.9. The molecule has 130 valence electrons. The summed E-state index contributed by atoms with van der Waals surface area (Å²) in [4.78, 5) is 36.0. The molecule has 0 aliphatic carbocycles. The van der Waals surface area contributed by atoms with Crippen LogP contribution in [-0.2, 0) is 27.3 Å². The number of carbonyl (C=O) groups is 3. The lowest BCUT2D eigenvalue weighted by molar-refractivity contribution is -0.135. The fourth-order valence-corrected chi connectivity index (χ4v) is 2.70. The number of hydrogen-bond acceptors (Lipinski definition) is 5. The number of hydrogen-bond donors (Lipinski definition) is 2. The van der Waals surface area contributed by atoms with Crippen LogP contribution in [0.3, 0.4) is 0 Å². The van der Waals surface area contributed by atoms with Crippen molar-refractivity contribution < 1.29 is 19.1 Å². The molecule has 0 bridgehead atoms. The summed E-state index contributed by atoms with van der Waals surface area (Å²) in [6.07, 6.45) is -0.711. The van der Waals surface area contributed by atoms with Gasteiger partial charge in [0.25, 0.3) is 11.8 Å². The molecule has 1 aromatic carbocycles. The first-order chi connectivity index (χ1) is 11.9. The Balaban J connectivity index is 1.55. The summed E-state index contributed by atoms with van der Waals surface area (Å²) in [7, 11) is 0. The van der Waals surface area contributed by atoms with Crippen LogP contribution in [-0.4, -0.2) is 33.7 Å². The van der Waals surface area contributed by atoms with E-state index < -0.39 is 23.9 Å². The lowest BCUT2D eigenvalue weighted by Gasteiger charge is -2.23. The van der Waals surface area contributed by atoms with Gasteiger partial charge in [0.2, 0.25) is 0 Å². The molecule has 2 amide bonds. The molecule has 8 heteroatoms. The summed E-state index contributed by atoms with van der Waals surface area (Å²) in [6, 6.07) is 8.81. The van der Waals surface area contributed by atoms with Gasteiger partial charge in [0, 0.05) is 12.1 Å². The van der Waals surface area contributed by atoms with E-state index in [0.717, 1.165) is 17.0 Å². The van der Waals surface area contributed by atoms with Crippen molar-refractivity contribution in [1.82, 2.24) is 20.6 Å². The van der Waals surface area contributed by atoms with Crippen molar-refractivity contribution >= 4 is 17.8 Å². The number of ether oxygens (including phenoxy) is 1. The predicted molar refractivity (Wildman–Crippen MR) is 87.3 cm³/mol. The number of hydrazine groups is 1. The maximum atomic E-state index is 12.2. The highest BCUT2D eigenvalue weighted by Gasteiger charge is 2.31. The van der Waals surface area contributed by atoms with E-state index in [1.165, 1.54) is 4.68 Å². The van der Waals surface area contributed by atoms with Gasteiger partial charge < -0.3 is 4.74 Å². The van der Waals surface area contributed by atoms with Gasteiger partial charge in [-0.25, -0.2) is 4.79 Å². The Morgan fingerprint density at radius 3 is 2.76 bits per heavy atom. The average molecular weight is 342 g/mol. The first-order valence-corrected chi connectivity index (χ1v) is 7.82. The van der Waals surface area contributed by atoms with Crippen molar-refractivity contribution in [3.8, 4) is 0 Å². The van der Waals surface area contributed by atoms with E-state index in [9.17, 15) is 14.4 Å². The van der Waals surface area contributed by atoms with Crippen LogP contribution >= 0.6 is 0 Å². The van der Waals surface area contributed by atoms with E-state index in [0.29, 0.717) is 5.56 Å². The smallest absolute Gasteiger partial charge is 0.339 e. The molecule has 2 N–H and O–H groups in total. The van der Waals surface area contributed by atoms with E-state index in [1.807, 2.05) is 19.9 Å². The maximum absolute atomic E-state index is 12.2. The molecule has 25 heavy (non-hydrogen) atoms. The lowest BCUT2D eigenvalue weighted by atomic mass is 9.98. The highest BCUT2D eigenvalue weighted by atomic mass is 16.5. The largest absolute Gasteiger partial charge is 0.448 e. The molecule has 8 nitrogen and oxygen atoms in total. The van der Waals surface area contributed by atoms with Crippen LogP contribution in [0.1, 0.15) is 27.3 Å². The Kier molecular flexibility index (Phi) is 4.51. The zero-order valence-corrected chi connectivity index (χ0v) is 13.9. The number of aryl methyl sites for hydroxylation is 2. The number of nitrogens with zero attached hydrogens (tertiary/aromatic N) is 2. The standard InChI is InChI=1S/C17H18N4O4/c1-10-7-11(2)21(20-10)9-15(22)18-19-16(23)14-8-12-5-3-4-6-13(12)17(24)25-14/h3-7,14H,8-9H2,1-2H3,(H,18,22)(H,19,23)/t14-/m1/s1. The summed E-state index contributed by atoms with van der Waals surface area (Å²) in [5, 5.41) is 4.18. The zero-order chi connectivity index (χ0) is 18.0. The van der Waals surface area contributed by atoms with Gasteiger partial charge in [0.05, 0.1) is 11.3 Å². The van der Waals surface area contributed by atoms with Crippen molar-refractivity contribution in [3.63, 3.8) is 0 Å². The minimum Gasteiger partial charge on any atom is -0.448 e. The van der Waals surface area contributed by atoms with Crippen LogP contribution in [0.15, 0.2) is 30.3 Å². The Labute approximate surface area is 144 Å². The molecule has 3 rings (SSSR count). The SMILES string of the molecule is Cc1cc(C)n(CC(=O)NNC(=O)[C@H]2Cc3ccccc3C(=O)O2)n1. The molecular weight excluding hydrogens is 324 g/mol. The van der Waals surface area contributed by atoms with Crippen LogP contribution in [0.5, 0.6) is 0 Å². The Morgan fingerprint density at radius 1 is 1.28 bits per heavy atom. The van der Waals surface area contributed by atoms with Gasteiger partial charge in [-0.05, 0) is 31.5 Å². The molecule has 1 aromatic heterocycles. The molecule has 0 radical (unpaired) electrons. The lowest BCUT2D eigenvalue weighted by Crippen LogP contribution is -2.50. The molecule has 1 aliphatic heterocycles. The second-order valence-corrected chi connectivity index (χ2v) is 5.88. The average Bonchev–Trinajstić information content (AvgIpc) is 2.89. The van der Waals surface area contributed by atoms with Crippen molar-refractivity contribution in [1.29, 1.82) is 0 Å². The minimum absolute atomic E-state index is 0.0206. The summed E-state index contributed by atoms with van der Waals surface area (Å²) >= 11 is 0. The van der Waals surface area contributed by atoms with Gasteiger partial charge in [-0.15, -0.1) is 0 Å². The molecule has 0 spiro atoms. The van der Waals surface area contributed by atoms with Gasteiger partial charge in [0.1, 0.15) is 6.54 Å². The highest BCUT2D eigenvalue weighted by Crippen LogP contribution is 2.20. The normalized spacial score (nSPS) is 15.9. The van der Waals surface area contributed by atoms with Crippen molar-refractivity contribution in [3.05, 3.63) is 52.8 Å². The number of fused-ring (bicyclic) bond motifs is 1. The second kappa shape index (κ2) is 6.76. The monoisotopic (exact) mass is 342 g/mol. The quantitative estimate of drug-likeness (QED) is 0.622. The summed E-state index contributed by atoms with van der Waals surface area (Å²) in [5.74, 6) is -1.55. The van der Waals surface area contributed by atoms with Gasteiger partial charge in [-0.3, -0.25) is 25.1 Å². The molecule has 0 saturated carbocycles. The van der Waals surface area contributed by atoms with Gasteiger partial charge >= 0.3 is 5.97 Å². The molecule has 0 saturated heterocycles. The summed E-state index contributed by atoms with van der Waals surface area (Å²) < 4.78 is 6.66. The first-order valence-electron chi connectivity index (χ1n) is 7.82. The summed E-state index contributed by atoms with van der Waals surface area (Å²) in [6.45, 7) is 3.65.